The van der Waals surface area contributed by atoms with Gasteiger partial charge in [-0.3, -0.25) is 9.82 Å². The molecule has 0 amide bonds. The lowest BCUT2D eigenvalue weighted by molar-refractivity contribution is 0.598. The number of nitrogens with zero attached hydrogens (tertiary/aromatic N) is 3. The summed E-state index contributed by atoms with van der Waals surface area (Å²) in [5.41, 5.74) is 0.114. The molecule has 0 radical (unpaired) electrons. The van der Waals surface area contributed by atoms with Crippen LogP contribution in [0.5, 0.6) is 0 Å². The number of rotatable bonds is 3. The first-order valence-corrected chi connectivity index (χ1v) is 5.56. The molecule has 0 aliphatic carbocycles. The fraction of sp³-hybridized carbons (Fsp3) is 0. The standard InChI is InChI=1S/C7H6N6O2S/c8-1-5-2-11-12-7(5)13-16(14,15)6-3-9-4-10-6/h2-4H,(H,9,10)(H2,11,12,13). The second-order valence-corrected chi connectivity index (χ2v) is 4.44. The number of anilines is 1. The van der Waals surface area contributed by atoms with Gasteiger partial charge in [-0.05, 0) is 0 Å². The second kappa shape index (κ2) is 3.67. The molecule has 0 spiro atoms. The van der Waals surface area contributed by atoms with Gasteiger partial charge in [0.05, 0.1) is 18.7 Å². The maximum atomic E-state index is 11.7. The molecule has 0 aliphatic heterocycles. The van der Waals surface area contributed by atoms with E-state index >= 15 is 0 Å². The molecule has 3 N–H and O–H groups in total. The molecule has 2 heterocycles. The zero-order valence-corrected chi connectivity index (χ0v) is 8.61. The summed E-state index contributed by atoms with van der Waals surface area (Å²) in [6, 6.07) is 1.80. The predicted molar refractivity (Wildman–Crippen MR) is 52.7 cm³/mol. The van der Waals surface area contributed by atoms with Crippen LogP contribution in [0, 0.1) is 11.3 Å². The molecular weight excluding hydrogens is 232 g/mol. The van der Waals surface area contributed by atoms with Crippen LogP contribution in [0.15, 0.2) is 23.7 Å². The van der Waals surface area contributed by atoms with Gasteiger partial charge in [0.1, 0.15) is 11.6 Å². The number of nitriles is 1. The third-order valence-electron chi connectivity index (χ3n) is 1.76. The van der Waals surface area contributed by atoms with Gasteiger partial charge in [-0.25, -0.2) is 4.98 Å². The normalized spacial score (nSPS) is 10.9. The van der Waals surface area contributed by atoms with Crippen molar-refractivity contribution in [2.75, 3.05) is 4.72 Å². The van der Waals surface area contributed by atoms with Crippen LogP contribution in [0.2, 0.25) is 0 Å². The monoisotopic (exact) mass is 238 g/mol. The quantitative estimate of drug-likeness (QED) is 0.682. The summed E-state index contributed by atoms with van der Waals surface area (Å²) in [5, 5.41) is 14.5. The number of sulfonamides is 1. The fourth-order valence-electron chi connectivity index (χ4n) is 1.03. The summed E-state index contributed by atoms with van der Waals surface area (Å²) in [5.74, 6) is 0.0251. The van der Waals surface area contributed by atoms with Gasteiger partial charge in [-0.2, -0.15) is 18.8 Å². The van der Waals surface area contributed by atoms with Crippen molar-refractivity contribution in [2.45, 2.75) is 5.03 Å². The van der Waals surface area contributed by atoms with Gasteiger partial charge in [-0.1, -0.05) is 0 Å². The van der Waals surface area contributed by atoms with Gasteiger partial charge in [-0.15, -0.1) is 0 Å². The highest BCUT2D eigenvalue weighted by molar-refractivity contribution is 7.92. The summed E-state index contributed by atoms with van der Waals surface area (Å²) in [6.45, 7) is 0. The van der Waals surface area contributed by atoms with Crippen LogP contribution in [-0.2, 0) is 10.0 Å². The minimum atomic E-state index is -3.76. The van der Waals surface area contributed by atoms with E-state index in [0.717, 1.165) is 6.20 Å². The molecule has 8 nitrogen and oxygen atoms in total. The summed E-state index contributed by atoms with van der Waals surface area (Å²) < 4.78 is 25.6. The molecule has 0 fully saturated rings. The highest BCUT2D eigenvalue weighted by Gasteiger charge is 2.18. The lowest BCUT2D eigenvalue weighted by Crippen LogP contribution is -2.14. The highest BCUT2D eigenvalue weighted by atomic mass is 32.2. The van der Waals surface area contributed by atoms with Crippen LogP contribution < -0.4 is 4.72 Å². The summed E-state index contributed by atoms with van der Waals surface area (Å²) in [7, 11) is -3.76. The molecule has 0 saturated carbocycles. The van der Waals surface area contributed by atoms with Crippen molar-refractivity contribution in [2.24, 2.45) is 0 Å². The number of H-pyrrole nitrogens is 2. The van der Waals surface area contributed by atoms with Crippen LogP contribution in [0.4, 0.5) is 5.82 Å². The van der Waals surface area contributed by atoms with Gasteiger partial charge in [0.2, 0.25) is 0 Å². The van der Waals surface area contributed by atoms with Crippen molar-refractivity contribution in [3.05, 3.63) is 24.3 Å². The van der Waals surface area contributed by atoms with E-state index in [1.807, 2.05) is 0 Å². The van der Waals surface area contributed by atoms with Crippen molar-refractivity contribution >= 4 is 15.8 Å². The van der Waals surface area contributed by atoms with Gasteiger partial charge < -0.3 is 4.98 Å². The molecule has 16 heavy (non-hydrogen) atoms. The number of hydrogen-bond acceptors (Lipinski definition) is 5. The number of hydrogen-bond donors (Lipinski definition) is 3. The van der Waals surface area contributed by atoms with E-state index in [1.54, 1.807) is 6.07 Å². The first kappa shape index (κ1) is 10.2. The van der Waals surface area contributed by atoms with Crippen LogP contribution in [-0.4, -0.2) is 28.6 Å². The van der Waals surface area contributed by atoms with Crippen molar-refractivity contribution < 1.29 is 8.42 Å². The van der Waals surface area contributed by atoms with E-state index in [9.17, 15) is 8.42 Å². The zero-order valence-electron chi connectivity index (χ0n) is 7.80. The lowest BCUT2D eigenvalue weighted by Gasteiger charge is -2.02. The third-order valence-corrected chi connectivity index (χ3v) is 3.03. The van der Waals surface area contributed by atoms with Crippen molar-refractivity contribution in [1.29, 1.82) is 5.26 Å². The SMILES string of the molecule is N#Cc1cn[nH]c1NS(=O)(=O)c1cnc[nH]1. The number of nitrogens with one attached hydrogen (secondary N) is 3. The Morgan fingerprint density at radius 1 is 1.44 bits per heavy atom. The Bertz CT molecular complexity index is 620. The zero-order chi connectivity index (χ0) is 11.6. The van der Waals surface area contributed by atoms with Gasteiger partial charge in [0, 0.05) is 0 Å². The van der Waals surface area contributed by atoms with Gasteiger partial charge in [0.15, 0.2) is 10.8 Å². The molecule has 2 rings (SSSR count). The number of imidazole rings is 1. The topological polar surface area (TPSA) is 127 Å². The van der Waals surface area contributed by atoms with E-state index in [2.05, 4.69) is 24.9 Å². The molecule has 82 valence electrons. The maximum Gasteiger partial charge on any atom is 0.280 e. The third kappa shape index (κ3) is 1.73. The smallest absolute Gasteiger partial charge is 0.280 e. The molecule has 2 aromatic rings. The van der Waals surface area contributed by atoms with E-state index in [0.29, 0.717) is 0 Å². The minimum absolute atomic E-state index is 0.0251. The van der Waals surface area contributed by atoms with Crippen molar-refractivity contribution in [3.63, 3.8) is 0 Å². The molecule has 0 aromatic carbocycles. The molecular formula is C7H6N6O2S. The van der Waals surface area contributed by atoms with Gasteiger partial charge in [0.25, 0.3) is 10.0 Å². The van der Waals surface area contributed by atoms with E-state index in [1.165, 1.54) is 12.5 Å². The summed E-state index contributed by atoms with van der Waals surface area (Å²) in [4.78, 5) is 6.04. The molecule has 2 aromatic heterocycles. The average molecular weight is 238 g/mol. The second-order valence-electron chi connectivity index (χ2n) is 2.79. The van der Waals surface area contributed by atoms with Crippen LogP contribution in [0.25, 0.3) is 0 Å². The number of aromatic amines is 2. The minimum Gasteiger partial charge on any atom is -0.334 e. The summed E-state index contributed by atoms with van der Waals surface area (Å²) in [6.07, 6.45) is 3.63. The Hall–Kier alpha value is -2.34. The van der Waals surface area contributed by atoms with E-state index < -0.39 is 10.0 Å². The van der Waals surface area contributed by atoms with E-state index in [-0.39, 0.29) is 16.4 Å². The lowest BCUT2D eigenvalue weighted by atomic mass is 10.4. The van der Waals surface area contributed by atoms with E-state index in [4.69, 9.17) is 5.26 Å². The van der Waals surface area contributed by atoms with Crippen LogP contribution in [0.1, 0.15) is 5.56 Å². The Balaban J connectivity index is 2.33. The largest absolute Gasteiger partial charge is 0.334 e. The average Bonchev–Trinajstić information content (AvgIpc) is 2.86. The Kier molecular flexibility index (Phi) is 2.34. The van der Waals surface area contributed by atoms with Crippen molar-refractivity contribution in [3.8, 4) is 6.07 Å². The molecule has 0 saturated heterocycles. The first-order chi connectivity index (χ1) is 7.63. The molecule has 9 heteroatoms. The van der Waals surface area contributed by atoms with Crippen molar-refractivity contribution in [1.82, 2.24) is 20.2 Å². The fourth-order valence-corrected chi connectivity index (χ4v) is 1.97. The summed E-state index contributed by atoms with van der Waals surface area (Å²) >= 11 is 0. The van der Waals surface area contributed by atoms with Crippen LogP contribution >= 0.6 is 0 Å². The molecule has 0 bridgehead atoms. The first-order valence-electron chi connectivity index (χ1n) is 4.08. The van der Waals surface area contributed by atoms with Crippen LogP contribution in [0.3, 0.4) is 0 Å². The maximum absolute atomic E-state index is 11.7. The number of aromatic nitrogens is 4. The Morgan fingerprint density at radius 2 is 2.25 bits per heavy atom. The molecule has 0 atom stereocenters. The molecule has 0 aliphatic rings. The predicted octanol–water partition coefficient (Wildman–Crippen LogP) is -0.195. The Morgan fingerprint density at radius 3 is 2.88 bits per heavy atom. The van der Waals surface area contributed by atoms with Gasteiger partial charge >= 0.3 is 0 Å². The highest BCUT2D eigenvalue weighted by Crippen LogP contribution is 2.14. The Labute approximate surface area is 90.4 Å². The molecule has 0 unspecified atom stereocenters.